The number of esters is 1. The predicted octanol–water partition coefficient (Wildman–Crippen LogP) is 5.14. The number of rotatable bonds is 4. The summed E-state index contributed by atoms with van der Waals surface area (Å²) < 4.78 is 11.1. The number of hydrogen-bond acceptors (Lipinski definition) is 6. The maximum Gasteiger partial charge on any atom is 0.342 e. The average molecular weight is 437 g/mol. The number of ether oxygens (including phenoxy) is 2. The third kappa shape index (κ3) is 6.54. The second-order valence-electron chi connectivity index (χ2n) is 7.93. The molecule has 0 bridgehead atoms. The zero-order valence-corrected chi connectivity index (χ0v) is 18.2. The van der Waals surface area contributed by atoms with Crippen LogP contribution in [0.25, 0.3) is 6.08 Å². The third-order valence-electron chi connectivity index (χ3n) is 5.29. The summed E-state index contributed by atoms with van der Waals surface area (Å²) in [5.41, 5.74) is 1.03. The first-order chi connectivity index (χ1) is 15.4. The molecule has 0 saturated heterocycles. The van der Waals surface area contributed by atoms with Gasteiger partial charge in [0.15, 0.2) is 12.4 Å². The summed E-state index contributed by atoms with van der Waals surface area (Å²) in [5.74, 6) is -0.615. The van der Waals surface area contributed by atoms with Crippen LogP contribution in [-0.4, -0.2) is 35.4 Å². The summed E-state index contributed by atoms with van der Waals surface area (Å²) in [6, 6.07) is 11.7. The van der Waals surface area contributed by atoms with Crippen LogP contribution in [0.3, 0.4) is 0 Å². The van der Waals surface area contributed by atoms with Gasteiger partial charge in [-0.25, -0.2) is 4.79 Å². The molecular weight excluding hydrogens is 408 g/mol. The molecule has 6 nitrogen and oxygen atoms in total. The fourth-order valence-corrected chi connectivity index (χ4v) is 3.56. The number of phenolic OH excluding ortho intramolecular Hbond substituents is 1. The quantitative estimate of drug-likeness (QED) is 0.527. The molecule has 2 aromatic rings. The van der Waals surface area contributed by atoms with Gasteiger partial charge in [0.2, 0.25) is 0 Å². The van der Waals surface area contributed by atoms with Crippen molar-refractivity contribution in [1.29, 1.82) is 0 Å². The molecule has 1 heterocycles. The predicted molar refractivity (Wildman–Crippen MR) is 121 cm³/mol. The largest absolute Gasteiger partial charge is 0.507 e. The number of carbonyl (C=O) groups is 3. The van der Waals surface area contributed by atoms with Crippen molar-refractivity contribution >= 4 is 23.6 Å². The Bertz CT molecular complexity index is 993. The maximum atomic E-state index is 12.8. The number of ketones is 2. The highest BCUT2D eigenvalue weighted by molar-refractivity contribution is 5.98. The van der Waals surface area contributed by atoms with E-state index in [4.69, 9.17) is 9.47 Å². The molecule has 168 valence electrons. The minimum atomic E-state index is -0.634. The van der Waals surface area contributed by atoms with Crippen molar-refractivity contribution in [3.8, 4) is 11.5 Å². The van der Waals surface area contributed by atoms with Gasteiger partial charge in [-0.3, -0.25) is 9.59 Å². The number of allylic oxidation sites excluding steroid dienone is 1. The molecule has 0 aromatic heterocycles. The first kappa shape index (κ1) is 23.3. The fourth-order valence-electron chi connectivity index (χ4n) is 3.56. The van der Waals surface area contributed by atoms with Crippen LogP contribution in [0.2, 0.25) is 0 Å². The molecule has 6 heteroatoms. The molecule has 0 amide bonds. The van der Waals surface area contributed by atoms with Crippen molar-refractivity contribution in [2.24, 2.45) is 0 Å². The van der Waals surface area contributed by atoms with Crippen LogP contribution in [0.5, 0.6) is 11.5 Å². The van der Waals surface area contributed by atoms with Gasteiger partial charge in [0.25, 0.3) is 0 Å². The molecule has 0 fully saturated rings. The van der Waals surface area contributed by atoms with Gasteiger partial charge in [0.1, 0.15) is 22.8 Å². The van der Waals surface area contributed by atoms with E-state index in [1.165, 1.54) is 6.07 Å². The number of carbonyl (C=O) groups excluding carboxylic acids is 3. The Morgan fingerprint density at radius 2 is 1.88 bits per heavy atom. The van der Waals surface area contributed by atoms with E-state index in [2.05, 4.69) is 0 Å². The fraction of sp³-hybridized carbons (Fsp3) is 0.346. The lowest BCUT2D eigenvalue weighted by atomic mass is 10.0. The summed E-state index contributed by atoms with van der Waals surface area (Å²) in [7, 11) is 0. The van der Waals surface area contributed by atoms with Gasteiger partial charge >= 0.3 is 5.97 Å². The van der Waals surface area contributed by atoms with E-state index in [9.17, 15) is 19.5 Å². The Morgan fingerprint density at radius 3 is 2.66 bits per heavy atom. The number of cyclic esters (lactones) is 1. The molecule has 2 aromatic carbocycles. The normalized spacial score (nSPS) is 17.7. The molecule has 0 radical (unpaired) electrons. The Morgan fingerprint density at radius 1 is 1.12 bits per heavy atom. The van der Waals surface area contributed by atoms with Crippen molar-refractivity contribution < 1.29 is 29.0 Å². The van der Waals surface area contributed by atoms with E-state index < -0.39 is 5.97 Å². The van der Waals surface area contributed by atoms with Gasteiger partial charge in [-0.1, -0.05) is 42.5 Å². The molecule has 0 spiro atoms. The second-order valence-corrected chi connectivity index (χ2v) is 7.93. The summed E-state index contributed by atoms with van der Waals surface area (Å²) in [5, 5.41) is 10.6. The Kier molecular flexibility index (Phi) is 8.20. The Hall–Kier alpha value is -3.41. The van der Waals surface area contributed by atoms with Crippen LogP contribution in [0.4, 0.5) is 0 Å². The topological polar surface area (TPSA) is 89.9 Å². The lowest BCUT2D eigenvalue weighted by Crippen LogP contribution is -2.17. The summed E-state index contributed by atoms with van der Waals surface area (Å²) in [6.45, 7) is 1.57. The molecule has 1 aliphatic heterocycles. The van der Waals surface area contributed by atoms with Crippen LogP contribution >= 0.6 is 0 Å². The number of fused-ring (bicyclic) bond motifs is 1. The van der Waals surface area contributed by atoms with E-state index in [1.807, 2.05) is 12.1 Å². The van der Waals surface area contributed by atoms with Crippen molar-refractivity contribution in [2.75, 3.05) is 6.61 Å². The van der Waals surface area contributed by atoms with E-state index in [-0.39, 0.29) is 41.3 Å². The molecular formula is C26H28O6. The van der Waals surface area contributed by atoms with Gasteiger partial charge < -0.3 is 14.6 Å². The Balaban J connectivity index is 1.82. The maximum absolute atomic E-state index is 12.8. The van der Waals surface area contributed by atoms with Crippen molar-refractivity contribution in [3.05, 3.63) is 65.2 Å². The lowest BCUT2D eigenvalue weighted by Gasteiger charge is -2.16. The van der Waals surface area contributed by atoms with Gasteiger partial charge in [0, 0.05) is 24.5 Å². The van der Waals surface area contributed by atoms with E-state index in [1.54, 1.807) is 43.3 Å². The van der Waals surface area contributed by atoms with Crippen LogP contribution in [0.1, 0.15) is 71.7 Å². The number of hydrogen-bond donors (Lipinski definition) is 1. The molecule has 3 rings (SSSR count). The van der Waals surface area contributed by atoms with Crippen LogP contribution in [-0.2, 0) is 9.53 Å². The molecule has 1 N–H and O–H groups in total. The minimum absolute atomic E-state index is 0.0583. The van der Waals surface area contributed by atoms with Gasteiger partial charge in [-0.2, -0.15) is 0 Å². The minimum Gasteiger partial charge on any atom is -0.507 e. The SMILES string of the molecule is C[C@H]1CCCC(=O)CCCC=Cc2cc(OCC(=O)c3ccccc3)cc(O)c2C(=O)O1. The average Bonchev–Trinajstić information content (AvgIpc) is 2.77. The molecule has 0 aliphatic carbocycles. The molecule has 0 unspecified atom stereocenters. The van der Waals surface area contributed by atoms with E-state index in [0.717, 1.165) is 6.42 Å². The molecule has 1 aliphatic rings. The molecule has 0 saturated carbocycles. The van der Waals surface area contributed by atoms with E-state index >= 15 is 0 Å². The van der Waals surface area contributed by atoms with Crippen LogP contribution in [0.15, 0.2) is 48.5 Å². The zero-order chi connectivity index (χ0) is 22.9. The Labute approximate surface area is 187 Å². The number of Topliss-reactive ketones (excluding diaryl/α,β-unsaturated/α-hetero) is 2. The van der Waals surface area contributed by atoms with E-state index in [0.29, 0.717) is 43.2 Å². The number of benzene rings is 2. The molecule has 1 atom stereocenters. The van der Waals surface area contributed by atoms with Gasteiger partial charge in [0.05, 0.1) is 6.10 Å². The lowest BCUT2D eigenvalue weighted by molar-refractivity contribution is -0.119. The standard InChI is InChI=1S/C26H28O6/c1-18-9-8-14-21(27)13-7-3-6-12-20-15-22(16-23(28)25(20)26(30)32-18)31-17-24(29)19-10-4-2-5-11-19/h2,4-6,10-12,15-16,18,28H,3,7-9,13-14,17H2,1H3/t18-/m0/s1. The highest BCUT2D eigenvalue weighted by Gasteiger charge is 2.21. The molecule has 32 heavy (non-hydrogen) atoms. The summed E-state index contributed by atoms with van der Waals surface area (Å²) in [4.78, 5) is 37.0. The van der Waals surface area contributed by atoms with Gasteiger partial charge in [-0.15, -0.1) is 0 Å². The smallest absolute Gasteiger partial charge is 0.342 e. The zero-order valence-electron chi connectivity index (χ0n) is 18.2. The van der Waals surface area contributed by atoms with Gasteiger partial charge in [-0.05, 0) is 44.2 Å². The first-order valence-electron chi connectivity index (χ1n) is 10.9. The van der Waals surface area contributed by atoms with Crippen molar-refractivity contribution in [2.45, 2.75) is 51.6 Å². The third-order valence-corrected chi connectivity index (χ3v) is 5.29. The van der Waals surface area contributed by atoms with Crippen LogP contribution in [0, 0.1) is 0 Å². The number of aromatic hydroxyl groups is 1. The van der Waals surface area contributed by atoms with Crippen molar-refractivity contribution in [1.82, 2.24) is 0 Å². The number of phenols is 1. The summed E-state index contributed by atoms with van der Waals surface area (Å²) >= 11 is 0. The highest BCUT2D eigenvalue weighted by Crippen LogP contribution is 2.31. The van der Waals surface area contributed by atoms with Crippen molar-refractivity contribution in [3.63, 3.8) is 0 Å². The second kappa shape index (κ2) is 11.3. The summed E-state index contributed by atoms with van der Waals surface area (Å²) in [6.07, 6.45) is 6.80. The highest BCUT2D eigenvalue weighted by atomic mass is 16.5. The first-order valence-corrected chi connectivity index (χ1v) is 10.9. The monoisotopic (exact) mass is 436 g/mol. The van der Waals surface area contributed by atoms with Crippen LogP contribution < -0.4 is 4.74 Å².